The van der Waals surface area contributed by atoms with E-state index < -0.39 is 17.2 Å². The maximum Gasteiger partial charge on any atom is 0.144 e. The van der Waals surface area contributed by atoms with Gasteiger partial charge in [-0.05, 0) is 66.3 Å². The Hall–Kier alpha value is -2.21. The molecule has 0 heterocycles. The van der Waals surface area contributed by atoms with Crippen LogP contribution >= 0.6 is 0 Å². The van der Waals surface area contributed by atoms with E-state index in [-0.39, 0.29) is 0 Å². The van der Waals surface area contributed by atoms with Gasteiger partial charge in [-0.25, -0.2) is 8.78 Å². The van der Waals surface area contributed by atoms with Crippen LogP contribution < -0.4 is 0 Å². The summed E-state index contributed by atoms with van der Waals surface area (Å²) in [5, 5.41) is 8.76. The summed E-state index contributed by atoms with van der Waals surface area (Å²) in [6, 6.07) is 12.0. The van der Waals surface area contributed by atoms with E-state index >= 15 is 0 Å². The van der Waals surface area contributed by atoms with Gasteiger partial charge in [0.25, 0.3) is 0 Å². The lowest BCUT2D eigenvalue weighted by atomic mass is 9.77. The zero-order valence-corrected chi connectivity index (χ0v) is 14.6. The molecule has 1 aliphatic rings. The van der Waals surface area contributed by atoms with Gasteiger partial charge in [0.05, 0.1) is 0 Å². The summed E-state index contributed by atoms with van der Waals surface area (Å²) < 4.78 is 27.6. The van der Waals surface area contributed by atoms with E-state index in [0.29, 0.717) is 11.5 Å². The van der Waals surface area contributed by atoms with E-state index in [0.717, 1.165) is 11.5 Å². The molecule has 0 radical (unpaired) electrons. The Morgan fingerprint density at radius 3 is 2.08 bits per heavy atom. The van der Waals surface area contributed by atoms with Crippen molar-refractivity contribution in [3.63, 3.8) is 0 Å². The van der Waals surface area contributed by atoms with Crippen LogP contribution in [0.3, 0.4) is 0 Å². The van der Waals surface area contributed by atoms with Crippen LogP contribution in [0, 0.1) is 28.9 Å². The van der Waals surface area contributed by atoms with E-state index in [1.54, 1.807) is 6.07 Å². The second-order valence-corrected chi connectivity index (χ2v) is 7.06. The molecule has 3 heteroatoms. The lowest BCUT2D eigenvalue weighted by molar-refractivity contribution is 0.308. The normalized spacial score (nSPS) is 20.2. The lowest BCUT2D eigenvalue weighted by Gasteiger charge is -2.28. The van der Waals surface area contributed by atoms with E-state index in [2.05, 4.69) is 19.1 Å². The summed E-state index contributed by atoms with van der Waals surface area (Å²) in [5.41, 5.74) is 2.02. The smallest absolute Gasteiger partial charge is 0.144 e. The predicted molar refractivity (Wildman–Crippen MR) is 96.1 cm³/mol. The molecule has 2 aromatic rings. The van der Waals surface area contributed by atoms with Gasteiger partial charge in [-0.15, -0.1) is 0 Å². The SMILES string of the molecule is CCC[C@H]1CC[C@H](c2ccc(-c3cc(F)c(C#N)c(F)c3)cc2)CC1. The molecular formula is C22H23F2N. The molecule has 0 aromatic heterocycles. The van der Waals surface area contributed by atoms with Gasteiger partial charge in [0.1, 0.15) is 23.3 Å². The summed E-state index contributed by atoms with van der Waals surface area (Å²) in [4.78, 5) is 0. The fourth-order valence-electron chi connectivity index (χ4n) is 3.99. The summed E-state index contributed by atoms with van der Waals surface area (Å²) in [6.45, 7) is 2.25. The first-order valence-electron chi connectivity index (χ1n) is 9.11. The van der Waals surface area contributed by atoms with Crippen LogP contribution in [-0.2, 0) is 0 Å². The zero-order chi connectivity index (χ0) is 17.8. The first kappa shape index (κ1) is 17.6. The summed E-state index contributed by atoms with van der Waals surface area (Å²) in [5.74, 6) is -0.145. The maximum atomic E-state index is 13.8. The van der Waals surface area contributed by atoms with Crippen molar-refractivity contribution in [1.82, 2.24) is 0 Å². The van der Waals surface area contributed by atoms with Crippen molar-refractivity contribution >= 4 is 0 Å². The van der Waals surface area contributed by atoms with Crippen molar-refractivity contribution in [2.75, 3.05) is 0 Å². The van der Waals surface area contributed by atoms with Gasteiger partial charge in [0, 0.05) is 0 Å². The standard InChI is InChI=1S/C22H23F2N/c1-2-3-15-4-6-16(7-5-15)17-8-10-18(11-9-17)19-12-21(23)20(14-25)22(24)13-19/h8-13,15-16H,2-7H2,1H3/t15-,16-. The Morgan fingerprint density at radius 1 is 0.960 bits per heavy atom. The first-order valence-corrected chi connectivity index (χ1v) is 9.11. The van der Waals surface area contributed by atoms with Crippen molar-refractivity contribution < 1.29 is 8.78 Å². The average molecular weight is 339 g/mol. The highest BCUT2D eigenvalue weighted by atomic mass is 19.1. The van der Waals surface area contributed by atoms with Crippen LogP contribution in [0.2, 0.25) is 0 Å². The molecule has 0 amide bonds. The third kappa shape index (κ3) is 3.90. The van der Waals surface area contributed by atoms with Gasteiger partial charge in [0.15, 0.2) is 0 Å². The van der Waals surface area contributed by atoms with Crippen LogP contribution in [0.15, 0.2) is 36.4 Å². The topological polar surface area (TPSA) is 23.8 Å². The molecule has 2 aromatic carbocycles. The van der Waals surface area contributed by atoms with Crippen molar-refractivity contribution in [2.24, 2.45) is 5.92 Å². The minimum absolute atomic E-state index is 0.465. The molecule has 0 bridgehead atoms. The molecule has 1 fully saturated rings. The second-order valence-electron chi connectivity index (χ2n) is 7.06. The highest BCUT2D eigenvalue weighted by molar-refractivity contribution is 5.65. The highest BCUT2D eigenvalue weighted by Crippen LogP contribution is 2.38. The number of rotatable bonds is 4. The average Bonchev–Trinajstić information content (AvgIpc) is 2.62. The van der Waals surface area contributed by atoms with Gasteiger partial charge < -0.3 is 0 Å². The third-order valence-corrected chi connectivity index (χ3v) is 5.41. The number of benzene rings is 2. The van der Waals surface area contributed by atoms with Crippen molar-refractivity contribution in [3.8, 4) is 17.2 Å². The Morgan fingerprint density at radius 2 is 1.56 bits per heavy atom. The van der Waals surface area contributed by atoms with Crippen LogP contribution in [-0.4, -0.2) is 0 Å². The van der Waals surface area contributed by atoms with Crippen molar-refractivity contribution in [1.29, 1.82) is 5.26 Å². The number of halogens is 2. The van der Waals surface area contributed by atoms with Crippen molar-refractivity contribution in [3.05, 3.63) is 59.2 Å². The quantitative estimate of drug-likeness (QED) is 0.617. The fraction of sp³-hybridized carbons (Fsp3) is 0.409. The van der Waals surface area contributed by atoms with Crippen LogP contribution in [0.25, 0.3) is 11.1 Å². The van der Waals surface area contributed by atoms with Crippen LogP contribution in [0.4, 0.5) is 8.78 Å². The Kier molecular flexibility index (Phi) is 5.48. The summed E-state index contributed by atoms with van der Waals surface area (Å²) in [7, 11) is 0. The van der Waals surface area contributed by atoms with Crippen LogP contribution in [0.5, 0.6) is 0 Å². The molecule has 0 saturated heterocycles. The minimum Gasteiger partial charge on any atom is -0.205 e. The monoisotopic (exact) mass is 339 g/mol. The molecule has 1 nitrogen and oxygen atoms in total. The second kappa shape index (κ2) is 7.78. The zero-order valence-electron chi connectivity index (χ0n) is 14.6. The lowest BCUT2D eigenvalue weighted by Crippen LogP contribution is -2.13. The van der Waals surface area contributed by atoms with Gasteiger partial charge >= 0.3 is 0 Å². The molecule has 0 N–H and O–H groups in total. The number of nitriles is 1. The van der Waals surface area contributed by atoms with E-state index in [4.69, 9.17) is 5.26 Å². The van der Waals surface area contributed by atoms with Gasteiger partial charge in [-0.1, -0.05) is 44.0 Å². The Bertz CT molecular complexity index is 743. The Labute approximate surface area is 148 Å². The molecule has 0 atom stereocenters. The van der Waals surface area contributed by atoms with E-state index in [1.165, 1.54) is 56.2 Å². The molecule has 1 saturated carbocycles. The van der Waals surface area contributed by atoms with Gasteiger partial charge in [-0.3, -0.25) is 0 Å². The molecule has 0 spiro atoms. The van der Waals surface area contributed by atoms with Crippen LogP contribution in [0.1, 0.15) is 62.5 Å². The first-order chi connectivity index (χ1) is 12.1. The number of hydrogen-bond donors (Lipinski definition) is 0. The fourth-order valence-corrected chi connectivity index (χ4v) is 3.99. The highest BCUT2D eigenvalue weighted by Gasteiger charge is 2.21. The maximum absolute atomic E-state index is 13.8. The number of nitrogens with zero attached hydrogens (tertiary/aromatic N) is 1. The predicted octanol–water partition coefficient (Wildman–Crippen LogP) is 6.58. The minimum atomic E-state index is -0.809. The Balaban J connectivity index is 1.74. The molecule has 1 aliphatic carbocycles. The molecular weight excluding hydrogens is 316 g/mol. The van der Waals surface area contributed by atoms with Gasteiger partial charge in [0.2, 0.25) is 0 Å². The molecule has 3 rings (SSSR count). The molecule has 25 heavy (non-hydrogen) atoms. The van der Waals surface area contributed by atoms with E-state index in [1.807, 2.05) is 12.1 Å². The largest absolute Gasteiger partial charge is 0.205 e. The molecule has 0 aliphatic heterocycles. The summed E-state index contributed by atoms with van der Waals surface area (Å²) in [6.07, 6.45) is 7.65. The molecule has 130 valence electrons. The molecule has 0 unspecified atom stereocenters. The van der Waals surface area contributed by atoms with E-state index in [9.17, 15) is 8.78 Å². The van der Waals surface area contributed by atoms with Gasteiger partial charge in [-0.2, -0.15) is 5.26 Å². The summed E-state index contributed by atoms with van der Waals surface area (Å²) >= 11 is 0. The number of hydrogen-bond acceptors (Lipinski definition) is 1. The third-order valence-electron chi connectivity index (χ3n) is 5.41. The van der Waals surface area contributed by atoms with Crippen molar-refractivity contribution in [2.45, 2.75) is 51.4 Å².